The van der Waals surface area contributed by atoms with Gasteiger partial charge < -0.3 is 9.94 Å². The largest absolute Gasteiger partial charge is 0.389 e. The molecule has 1 fully saturated rings. The molecule has 1 heterocycles. The highest BCUT2D eigenvalue weighted by atomic mass is 16.7. The Morgan fingerprint density at radius 1 is 1.35 bits per heavy atom. The second-order valence-corrected chi connectivity index (χ2v) is 5.59. The summed E-state index contributed by atoms with van der Waals surface area (Å²) in [6.07, 6.45) is 5.26. The minimum atomic E-state index is -0.797. The van der Waals surface area contributed by atoms with Crippen LogP contribution in [0.3, 0.4) is 0 Å². The maximum Gasteiger partial charge on any atom is 0.339 e. The number of hydroxylamine groups is 2. The predicted octanol–water partition coefficient (Wildman–Crippen LogP) is 1.09. The molecule has 2 amide bonds. The van der Waals surface area contributed by atoms with Crippen LogP contribution in [0.2, 0.25) is 0 Å². The number of aliphatic hydroxyl groups excluding tert-OH is 1. The molecule has 1 saturated heterocycles. The Morgan fingerprint density at radius 2 is 2.00 bits per heavy atom. The quantitative estimate of drug-likeness (QED) is 0.605. The third kappa shape index (κ3) is 3.07. The Hall–Kier alpha value is -1.69. The van der Waals surface area contributed by atoms with Crippen LogP contribution in [0.4, 0.5) is 0 Å². The smallest absolute Gasteiger partial charge is 0.339 e. The first-order valence-electron chi connectivity index (χ1n) is 6.85. The molecule has 0 spiro atoms. The fourth-order valence-corrected chi connectivity index (χ4v) is 2.40. The second-order valence-electron chi connectivity index (χ2n) is 5.59. The summed E-state index contributed by atoms with van der Waals surface area (Å²) in [4.78, 5) is 40.2. The van der Waals surface area contributed by atoms with E-state index in [9.17, 15) is 19.5 Å². The van der Waals surface area contributed by atoms with Crippen molar-refractivity contribution in [1.29, 1.82) is 0 Å². The maximum atomic E-state index is 12.3. The van der Waals surface area contributed by atoms with E-state index in [0.717, 1.165) is 0 Å². The first-order valence-corrected chi connectivity index (χ1v) is 6.85. The molecule has 0 aromatic rings. The Morgan fingerprint density at radius 3 is 2.65 bits per heavy atom. The molecular formula is C14H19NO5. The number of aliphatic hydroxyl groups is 1. The van der Waals surface area contributed by atoms with Gasteiger partial charge in [0.15, 0.2) is 0 Å². The van der Waals surface area contributed by atoms with E-state index >= 15 is 0 Å². The van der Waals surface area contributed by atoms with Crippen molar-refractivity contribution in [1.82, 2.24) is 5.06 Å². The zero-order valence-electron chi connectivity index (χ0n) is 11.5. The number of rotatable bonds is 2. The lowest BCUT2D eigenvalue weighted by Crippen LogP contribution is -2.39. The second kappa shape index (κ2) is 5.75. The van der Waals surface area contributed by atoms with Crippen LogP contribution in [0.25, 0.3) is 0 Å². The molecule has 2 unspecified atom stereocenters. The van der Waals surface area contributed by atoms with Crippen molar-refractivity contribution < 1.29 is 24.3 Å². The summed E-state index contributed by atoms with van der Waals surface area (Å²) in [5.74, 6) is -1.53. The summed E-state index contributed by atoms with van der Waals surface area (Å²) in [7, 11) is 0. The average Bonchev–Trinajstić information content (AvgIpc) is 2.71. The third-order valence-corrected chi connectivity index (χ3v) is 3.89. The molecule has 1 aliphatic heterocycles. The summed E-state index contributed by atoms with van der Waals surface area (Å²) in [6.45, 7) is 1.74. The van der Waals surface area contributed by atoms with E-state index < -0.39 is 29.3 Å². The Labute approximate surface area is 117 Å². The van der Waals surface area contributed by atoms with Gasteiger partial charge in [-0.1, -0.05) is 12.2 Å². The monoisotopic (exact) mass is 281 g/mol. The van der Waals surface area contributed by atoms with Crippen LogP contribution in [0.15, 0.2) is 12.2 Å². The summed E-state index contributed by atoms with van der Waals surface area (Å²) in [5, 5.41) is 10.2. The molecule has 0 saturated carbocycles. The van der Waals surface area contributed by atoms with Gasteiger partial charge in [0, 0.05) is 12.8 Å². The molecule has 6 heteroatoms. The molecule has 110 valence electrons. The van der Waals surface area contributed by atoms with Crippen LogP contribution in [0.5, 0.6) is 0 Å². The van der Waals surface area contributed by atoms with Gasteiger partial charge in [0.25, 0.3) is 11.8 Å². The number of nitrogens with zero attached hydrogens (tertiary/aromatic N) is 1. The van der Waals surface area contributed by atoms with Crippen LogP contribution in [0.1, 0.15) is 45.4 Å². The van der Waals surface area contributed by atoms with Crippen molar-refractivity contribution in [3.8, 4) is 0 Å². The van der Waals surface area contributed by atoms with Crippen molar-refractivity contribution in [2.45, 2.75) is 51.6 Å². The highest BCUT2D eigenvalue weighted by Gasteiger charge is 2.40. The lowest BCUT2D eigenvalue weighted by Gasteiger charge is -2.29. The normalized spacial score (nSPS) is 32.7. The van der Waals surface area contributed by atoms with Crippen molar-refractivity contribution in [3.05, 3.63) is 12.2 Å². The fourth-order valence-electron chi connectivity index (χ4n) is 2.40. The third-order valence-electron chi connectivity index (χ3n) is 3.89. The van der Waals surface area contributed by atoms with Crippen molar-refractivity contribution in [2.24, 2.45) is 5.41 Å². The van der Waals surface area contributed by atoms with E-state index in [-0.39, 0.29) is 12.8 Å². The number of hydrogen-bond acceptors (Lipinski definition) is 5. The molecule has 20 heavy (non-hydrogen) atoms. The molecule has 2 rings (SSSR count). The molecule has 2 atom stereocenters. The number of carbonyl (C=O) groups excluding carboxylic acids is 3. The van der Waals surface area contributed by atoms with Gasteiger partial charge in [-0.15, -0.1) is 5.06 Å². The molecule has 2 aliphatic rings. The predicted molar refractivity (Wildman–Crippen MR) is 68.9 cm³/mol. The van der Waals surface area contributed by atoms with Crippen molar-refractivity contribution in [2.75, 3.05) is 0 Å². The van der Waals surface area contributed by atoms with Gasteiger partial charge in [-0.3, -0.25) is 9.59 Å². The first-order chi connectivity index (χ1) is 9.42. The van der Waals surface area contributed by atoms with Gasteiger partial charge in [-0.25, -0.2) is 4.79 Å². The lowest BCUT2D eigenvalue weighted by atomic mass is 9.79. The number of carbonyl (C=O) groups is 3. The fraction of sp³-hybridized carbons (Fsp3) is 0.643. The zero-order valence-corrected chi connectivity index (χ0v) is 11.5. The number of imide groups is 1. The van der Waals surface area contributed by atoms with Gasteiger partial charge in [0.1, 0.15) is 0 Å². The van der Waals surface area contributed by atoms with Crippen molar-refractivity contribution >= 4 is 17.8 Å². The van der Waals surface area contributed by atoms with E-state index in [4.69, 9.17) is 4.84 Å². The molecule has 1 N–H and O–H groups in total. The van der Waals surface area contributed by atoms with Crippen LogP contribution >= 0.6 is 0 Å². The van der Waals surface area contributed by atoms with Crippen molar-refractivity contribution in [3.63, 3.8) is 0 Å². The summed E-state index contributed by atoms with van der Waals surface area (Å²) in [6, 6.07) is 0. The van der Waals surface area contributed by atoms with Gasteiger partial charge in [-0.2, -0.15) is 0 Å². The lowest BCUT2D eigenvalue weighted by molar-refractivity contribution is -0.205. The minimum Gasteiger partial charge on any atom is -0.389 e. The van der Waals surface area contributed by atoms with E-state index in [1.807, 2.05) is 6.08 Å². The molecule has 0 aromatic carbocycles. The van der Waals surface area contributed by atoms with E-state index in [2.05, 4.69) is 0 Å². The number of allylic oxidation sites excluding steroid dienone is 1. The first kappa shape index (κ1) is 14.7. The summed E-state index contributed by atoms with van der Waals surface area (Å²) >= 11 is 0. The highest BCUT2D eigenvalue weighted by molar-refractivity contribution is 6.01. The summed E-state index contributed by atoms with van der Waals surface area (Å²) < 4.78 is 0. The standard InChI is InChI=1S/C14H19NO5/c1-14(8-3-2-4-10(16)7-9-14)13(19)20-15-11(17)5-6-12(15)18/h2,4,10,16H,3,5-9H2,1H3/b4-2-. The molecular weight excluding hydrogens is 262 g/mol. The molecule has 0 radical (unpaired) electrons. The topological polar surface area (TPSA) is 83.9 Å². The average molecular weight is 281 g/mol. The van der Waals surface area contributed by atoms with E-state index in [1.54, 1.807) is 13.0 Å². The number of amides is 2. The van der Waals surface area contributed by atoms with E-state index in [1.165, 1.54) is 0 Å². The van der Waals surface area contributed by atoms with Gasteiger partial charge in [0.2, 0.25) is 0 Å². The SMILES string of the molecule is CC1(C(=O)ON2C(=O)CCC2=O)CC/C=C\C(O)CC1. The van der Waals surface area contributed by atoms with Gasteiger partial charge in [0.05, 0.1) is 11.5 Å². The Bertz CT molecular complexity index is 442. The van der Waals surface area contributed by atoms with Crippen LogP contribution in [0, 0.1) is 5.41 Å². The molecule has 0 bridgehead atoms. The highest BCUT2D eigenvalue weighted by Crippen LogP contribution is 2.34. The van der Waals surface area contributed by atoms with Crippen LogP contribution in [-0.2, 0) is 19.2 Å². The molecule has 0 aromatic heterocycles. The van der Waals surface area contributed by atoms with Gasteiger partial charge in [-0.05, 0) is 32.6 Å². The Balaban J connectivity index is 2.04. The maximum absolute atomic E-state index is 12.3. The number of hydrogen-bond donors (Lipinski definition) is 1. The van der Waals surface area contributed by atoms with Crippen LogP contribution in [-0.4, -0.2) is 34.1 Å². The zero-order chi connectivity index (χ0) is 14.8. The molecule has 6 nitrogen and oxygen atoms in total. The molecule has 1 aliphatic carbocycles. The van der Waals surface area contributed by atoms with Crippen LogP contribution < -0.4 is 0 Å². The summed E-state index contributed by atoms with van der Waals surface area (Å²) in [5.41, 5.74) is -0.797. The van der Waals surface area contributed by atoms with E-state index in [0.29, 0.717) is 30.7 Å². The van der Waals surface area contributed by atoms with Gasteiger partial charge >= 0.3 is 5.97 Å². The minimum absolute atomic E-state index is 0.0876. The Kier molecular flexibility index (Phi) is 4.23.